The van der Waals surface area contributed by atoms with E-state index in [1.165, 1.54) is 36.2 Å². The molecule has 0 aliphatic rings. The number of aromatic nitrogens is 3. The zero-order chi connectivity index (χ0) is 24.3. The van der Waals surface area contributed by atoms with Crippen molar-refractivity contribution < 1.29 is 32.5 Å². The first-order valence-electron chi connectivity index (χ1n) is 9.49. The van der Waals surface area contributed by atoms with Gasteiger partial charge in [0.2, 0.25) is 0 Å². The Labute approximate surface area is 190 Å². The number of carboxylic acids is 1. The maximum atomic E-state index is 12.9. The molecule has 3 aromatic rings. The van der Waals surface area contributed by atoms with Crippen LogP contribution in [0.4, 0.5) is 13.2 Å². The molecule has 33 heavy (non-hydrogen) atoms. The molecule has 0 amide bonds. The van der Waals surface area contributed by atoms with Crippen molar-refractivity contribution in [3.8, 4) is 22.6 Å². The van der Waals surface area contributed by atoms with Gasteiger partial charge in [0.1, 0.15) is 17.5 Å². The number of pyridine rings is 1. The number of methoxy groups -OCH3 is 1. The number of carbonyl (C=O) groups is 1. The summed E-state index contributed by atoms with van der Waals surface area (Å²) in [5.74, 6) is -1.40. The lowest BCUT2D eigenvalue weighted by Gasteiger charge is -2.19. The van der Waals surface area contributed by atoms with Crippen molar-refractivity contribution in [3.63, 3.8) is 0 Å². The molecule has 2 heterocycles. The Morgan fingerprint density at radius 3 is 2.48 bits per heavy atom. The second-order valence-electron chi connectivity index (χ2n) is 7.08. The van der Waals surface area contributed by atoms with Gasteiger partial charge in [0.15, 0.2) is 6.61 Å². The van der Waals surface area contributed by atoms with Crippen LogP contribution in [0.15, 0.2) is 47.5 Å². The minimum Gasteiger partial charge on any atom is -0.495 e. The zero-order valence-electron chi connectivity index (χ0n) is 17.5. The van der Waals surface area contributed by atoms with Crippen molar-refractivity contribution in [1.29, 1.82) is 0 Å². The number of ether oxygens (including phenoxy) is 2. The molecule has 1 aromatic carbocycles. The summed E-state index contributed by atoms with van der Waals surface area (Å²) in [7, 11) is 2.95. The van der Waals surface area contributed by atoms with E-state index in [-0.39, 0.29) is 34.1 Å². The van der Waals surface area contributed by atoms with Gasteiger partial charge in [-0.25, -0.2) is 4.79 Å². The minimum atomic E-state index is -4.58. The van der Waals surface area contributed by atoms with Crippen LogP contribution in [0.2, 0.25) is 5.02 Å². The fourth-order valence-electron chi connectivity index (χ4n) is 3.22. The van der Waals surface area contributed by atoms with Gasteiger partial charge in [0, 0.05) is 41.9 Å². The first-order chi connectivity index (χ1) is 15.5. The predicted octanol–water partition coefficient (Wildman–Crippen LogP) is 3.72. The average Bonchev–Trinajstić information content (AvgIpc) is 3.15. The molecule has 0 aliphatic heterocycles. The fraction of sp³-hybridized carbons (Fsp3) is 0.286. The summed E-state index contributed by atoms with van der Waals surface area (Å²) in [5.41, 5.74) is -0.0711. The molecule has 1 unspecified atom stereocenters. The topological polar surface area (TPSA) is 95.6 Å². The Hall–Kier alpha value is -3.47. The average molecular weight is 486 g/mol. The Morgan fingerprint density at radius 2 is 1.91 bits per heavy atom. The quantitative estimate of drug-likeness (QED) is 0.522. The van der Waals surface area contributed by atoms with Gasteiger partial charge in [-0.15, -0.1) is 0 Å². The molecule has 0 bridgehead atoms. The van der Waals surface area contributed by atoms with Crippen LogP contribution in [0, 0.1) is 0 Å². The first-order valence-corrected chi connectivity index (χ1v) is 9.87. The number of aliphatic carboxylic acids is 1. The van der Waals surface area contributed by atoms with Crippen molar-refractivity contribution in [1.82, 2.24) is 14.3 Å². The molecule has 0 radical (unpaired) electrons. The number of nitrogens with zero attached hydrogens (tertiary/aromatic N) is 3. The minimum absolute atomic E-state index is 0.0426. The third-order valence-electron chi connectivity index (χ3n) is 4.68. The largest absolute Gasteiger partial charge is 0.495 e. The first kappa shape index (κ1) is 24.2. The number of hydrogen-bond acceptors (Lipinski definition) is 5. The maximum Gasteiger partial charge on any atom is 0.422 e. The van der Waals surface area contributed by atoms with Gasteiger partial charge in [0.25, 0.3) is 5.56 Å². The molecule has 0 fully saturated rings. The summed E-state index contributed by atoms with van der Waals surface area (Å²) in [6.07, 6.45) is -1.82. The standard InChI is InChI=1S/C21H19ClF3N3O5/c1-27-6-5-13(26-27)8-16(20(30)31)28-10-18(32-2)15(9-19(28)29)14-7-12(22)3-4-17(14)33-11-21(23,24)25/h3-7,9-10,16H,8,11H2,1-2H3,(H,30,31). The van der Waals surface area contributed by atoms with Crippen molar-refractivity contribution in [3.05, 3.63) is 63.8 Å². The molecule has 0 saturated carbocycles. The molecule has 12 heteroatoms. The van der Waals surface area contributed by atoms with E-state index in [9.17, 15) is 27.9 Å². The number of hydrogen-bond donors (Lipinski definition) is 1. The Kier molecular flexibility index (Phi) is 7.01. The van der Waals surface area contributed by atoms with Crippen molar-refractivity contribution in [2.45, 2.75) is 18.6 Å². The van der Waals surface area contributed by atoms with Gasteiger partial charge < -0.3 is 14.6 Å². The lowest BCUT2D eigenvalue weighted by atomic mass is 10.0. The number of aryl methyl sites for hydroxylation is 1. The third kappa shape index (κ3) is 5.86. The van der Waals surface area contributed by atoms with Crippen LogP contribution in [0.3, 0.4) is 0 Å². The highest BCUT2D eigenvalue weighted by Gasteiger charge is 2.29. The lowest BCUT2D eigenvalue weighted by Crippen LogP contribution is -2.31. The number of benzene rings is 1. The monoisotopic (exact) mass is 485 g/mol. The summed E-state index contributed by atoms with van der Waals surface area (Å²) >= 11 is 6.02. The van der Waals surface area contributed by atoms with E-state index in [4.69, 9.17) is 21.1 Å². The van der Waals surface area contributed by atoms with E-state index in [0.29, 0.717) is 5.69 Å². The Bertz CT molecular complexity index is 1220. The van der Waals surface area contributed by atoms with Crippen molar-refractivity contribution in [2.75, 3.05) is 13.7 Å². The van der Waals surface area contributed by atoms with Crippen LogP contribution >= 0.6 is 11.6 Å². The highest BCUT2D eigenvalue weighted by molar-refractivity contribution is 6.31. The van der Waals surface area contributed by atoms with E-state index in [1.54, 1.807) is 19.3 Å². The second kappa shape index (κ2) is 9.57. The molecule has 0 aliphatic carbocycles. The van der Waals surface area contributed by atoms with E-state index in [2.05, 4.69) is 5.10 Å². The highest BCUT2D eigenvalue weighted by Crippen LogP contribution is 2.38. The number of rotatable bonds is 8. The van der Waals surface area contributed by atoms with Crippen LogP contribution in [0.5, 0.6) is 11.5 Å². The van der Waals surface area contributed by atoms with Crippen LogP contribution in [-0.2, 0) is 18.3 Å². The molecular formula is C21H19ClF3N3O5. The molecule has 1 atom stereocenters. The van der Waals surface area contributed by atoms with Crippen LogP contribution < -0.4 is 15.0 Å². The van der Waals surface area contributed by atoms with Crippen LogP contribution in [-0.4, -0.2) is 45.3 Å². The SMILES string of the molecule is COc1cn(C(Cc2ccn(C)n2)C(=O)O)c(=O)cc1-c1cc(Cl)ccc1OCC(F)(F)F. The molecule has 1 N–H and O–H groups in total. The highest BCUT2D eigenvalue weighted by atomic mass is 35.5. The molecule has 3 rings (SSSR count). The smallest absolute Gasteiger partial charge is 0.422 e. The van der Waals surface area contributed by atoms with E-state index < -0.39 is 30.4 Å². The number of alkyl halides is 3. The van der Waals surface area contributed by atoms with Gasteiger partial charge in [-0.2, -0.15) is 18.3 Å². The predicted molar refractivity (Wildman–Crippen MR) is 113 cm³/mol. The number of carboxylic acid groups (broad SMARTS) is 1. The summed E-state index contributed by atoms with van der Waals surface area (Å²) in [4.78, 5) is 24.8. The maximum absolute atomic E-state index is 12.9. The van der Waals surface area contributed by atoms with E-state index in [0.717, 1.165) is 10.6 Å². The van der Waals surface area contributed by atoms with E-state index in [1.807, 2.05) is 0 Å². The van der Waals surface area contributed by atoms with E-state index >= 15 is 0 Å². The molecule has 0 spiro atoms. The molecular weight excluding hydrogens is 467 g/mol. The summed E-state index contributed by atoms with van der Waals surface area (Å²) in [6.45, 7) is -1.55. The van der Waals surface area contributed by atoms with Gasteiger partial charge in [-0.1, -0.05) is 11.6 Å². The van der Waals surface area contributed by atoms with Gasteiger partial charge in [-0.3, -0.25) is 14.0 Å². The van der Waals surface area contributed by atoms with Crippen LogP contribution in [0.1, 0.15) is 11.7 Å². The third-order valence-corrected chi connectivity index (χ3v) is 4.91. The molecule has 8 nitrogen and oxygen atoms in total. The number of halogens is 4. The van der Waals surface area contributed by atoms with Crippen molar-refractivity contribution in [2.24, 2.45) is 7.05 Å². The summed E-state index contributed by atoms with van der Waals surface area (Å²) in [6, 6.07) is 5.32. The van der Waals surface area contributed by atoms with Gasteiger partial charge >= 0.3 is 12.1 Å². The molecule has 2 aromatic heterocycles. The Balaban J connectivity index is 2.08. The van der Waals surface area contributed by atoms with Crippen molar-refractivity contribution >= 4 is 17.6 Å². The van der Waals surface area contributed by atoms with Gasteiger partial charge in [0.05, 0.1) is 19.0 Å². The molecule has 0 saturated heterocycles. The summed E-state index contributed by atoms with van der Waals surface area (Å²) in [5, 5.41) is 14.0. The van der Waals surface area contributed by atoms with Gasteiger partial charge in [-0.05, 0) is 24.3 Å². The Morgan fingerprint density at radius 1 is 1.21 bits per heavy atom. The summed E-state index contributed by atoms with van der Waals surface area (Å²) < 4.78 is 50.7. The molecule has 176 valence electrons. The lowest BCUT2D eigenvalue weighted by molar-refractivity contribution is -0.153. The fourth-order valence-corrected chi connectivity index (χ4v) is 3.39. The zero-order valence-corrected chi connectivity index (χ0v) is 18.2. The normalized spacial score (nSPS) is 12.4. The second-order valence-corrected chi connectivity index (χ2v) is 7.52. The van der Waals surface area contributed by atoms with Crippen LogP contribution in [0.25, 0.3) is 11.1 Å².